The number of nitrogens with zero attached hydrogens (tertiary/aromatic N) is 5. The molecular formula is C23H27FN6O3. The first-order valence-electron chi connectivity index (χ1n) is 11.0. The Bertz CT molecular complexity index is 1140. The molecule has 2 aromatic rings. The van der Waals surface area contributed by atoms with Crippen molar-refractivity contribution in [1.29, 1.82) is 5.26 Å². The predicted molar refractivity (Wildman–Crippen MR) is 118 cm³/mol. The molecule has 0 fully saturated rings. The zero-order valence-electron chi connectivity index (χ0n) is 18.9. The number of hydrogen-bond donors (Lipinski definition) is 2. The third-order valence-corrected chi connectivity index (χ3v) is 6.51. The Balaban J connectivity index is 1.61. The van der Waals surface area contributed by atoms with Crippen LogP contribution >= 0.6 is 0 Å². The molecule has 174 valence electrons. The Labute approximate surface area is 191 Å². The van der Waals surface area contributed by atoms with Gasteiger partial charge < -0.3 is 20.2 Å². The second kappa shape index (κ2) is 8.83. The molecule has 0 radical (unpaired) electrons. The third-order valence-electron chi connectivity index (χ3n) is 6.51. The number of urea groups is 1. The molecule has 33 heavy (non-hydrogen) atoms. The van der Waals surface area contributed by atoms with Crippen LogP contribution in [0.25, 0.3) is 0 Å². The summed E-state index contributed by atoms with van der Waals surface area (Å²) in [6, 6.07) is 5.00. The molecule has 0 aliphatic carbocycles. The highest BCUT2D eigenvalue weighted by atomic mass is 19.1. The number of carbonyl (C=O) groups excluding carboxylic acids is 2. The number of aromatic nitrogens is 2. The summed E-state index contributed by atoms with van der Waals surface area (Å²) in [5, 5.41) is 26.8. The molecule has 0 saturated heterocycles. The number of rotatable bonds is 3. The fourth-order valence-corrected chi connectivity index (χ4v) is 4.59. The highest BCUT2D eigenvalue weighted by molar-refractivity contribution is 5.95. The highest BCUT2D eigenvalue weighted by Gasteiger charge is 2.38. The van der Waals surface area contributed by atoms with E-state index in [1.54, 1.807) is 27.6 Å². The molecular weight excluding hydrogens is 427 g/mol. The maximum absolute atomic E-state index is 13.6. The van der Waals surface area contributed by atoms with Crippen LogP contribution in [0, 0.1) is 23.1 Å². The van der Waals surface area contributed by atoms with Crippen molar-refractivity contribution >= 4 is 17.6 Å². The van der Waals surface area contributed by atoms with Gasteiger partial charge in [-0.05, 0) is 31.5 Å². The SMILES string of the molecule is CCC(O)C1CN(C)C(=O)c2c3c(nn2C1)CC(C)N(C(=O)Nc1ccc(F)c(C#N)c1)C3. The van der Waals surface area contributed by atoms with Crippen molar-refractivity contribution in [3.05, 3.63) is 46.5 Å². The minimum Gasteiger partial charge on any atom is -0.393 e. The average molecular weight is 455 g/mol. The van der Waals surface area contributed by atoms with Gasteiger partial charge in [0.2, 0.25) is 0 Å². The van der Waals surface area contributed by atoms with E-state index in [1.807, 2.05) is 13.8 Å². The van der Waals surface area contributed by atoms with E-state index in [4.69, 9.17) is 5.26 Å². The molecule has 10 heteroatoms. The average Bonchev–Trinajstić information content (AvgIpc) is 3.08. The van der Waals surface area contributed by atoms with E-state index < -0.39 is 18.0 Å². The van der Waals surface area contributed by atoms with Crippen LogP contribution in [0.5, 0.6) is 0 Å². The van der Waals surface area contributed by atoms with Gasteiger partial charge in [0.05, 0.1) is 23.9 Å². The van der Waals surface area contributed by atoms with Crippen molar-refractivity contribution in [2.24, 2.45) is 5.92 Å². The maximum atomic E-state index is 13.6. The summed E-state index contributed by atoms with van der Waals surface area (Å²) >= 11 is 0. The number of anilines is 1. The van der Waals surface area contributed by atoms with E-state index >= 15 is 0 Å². The number of nitrogens with one attached hydrogen (secondary N) is 1. The highest BCUT2D eigenvalue weighted by Crippen LogP contribution is 2.30. The Kier molecular flexibility index (Phi) is 6.08. The number of aliphatic hydroxyl groups excluding tert-OH is 1. The van der Waals surface area contributed by atoms with E-state index in [-0.39, 0.29) is 30.0 Å². The van der Waals surface area contributed by atoms with E-state index in [1.165, 1.54) is 12.1 Å². The van der Waals surface area contributed by atoms with Gasteiger partial charge in [0.15, 0.2) is 0 Å². The summed E-state index contributed by atoms with van der Waals surface area (Å²) in [6.45, 7) is 4.87. The molecule has 2 aliphatic heterocycles. The summed E-state index contributed by atoms with van der Waals surface area (Å²) in [5.74, 6) is -0.957. The Hall–Kier alpha value is -3.45. The molecule has 3 unspecified atom stereocenters. The first-order valence-corrected chi connectivity index (χ1v) is 11.0. The van der Waals surface area contributed by atoms with E-state index in [0.29, 0.717) is 42.9 Å². The van der Waals surface area contributed by atoms with Gasteiger partial charge in [-0.15, -0.1) is 0 Å². The normalized spacial score (nSPS) is 21.0. The molecule has 2 N–H and O–H groups in total. The smallest absolute Gasteiger partial charge is 0.322 e. The molecule has 4 rings (SSSR count). The van der Waals surface area contributed by atoms with Gasteiger partial charge in [0.1, 0.15) is 17.6 Å². The first kappa shape index (κ1) is 22.7. The van der Waals surface area contributed by atoms with Crippen molar-refractivity contribution in [2.75, 3.05) is 18.9 Å². The lowest BCUT2D eigenvalue weighted by Gasteiger charge is -2.33. The van der Waals surface area contributed by atoms with Gasteiger partial charge in [-0.1, -0.05) is 6.92 Å². The fraction of sp³-hybridized carbons (Fsp3) is 0.478. The predicted octanol–water partition coefficient (Wildman–Crippen LogP) is 2.35. The van der Waals surface area contributed by atoms with Crippen molar-refractivity contribution in [3.63, 3.8) is 0 Å². The van der Waals surface area contributed by atoms with E-state index in [9.17, 15) is 19.1 Å². The quantitative estimate of drug-likeness (QED) is 0.739. The number of carbonyl (C=O) groups is 2. The number of fused-ring (bicyclic) bond motifs is 3. The number of halogens is 1. The summed E-state index contributed by atoms with van der Waals surface area (Å²) in [7, 11) is 1.71. The Morgan fingerprint density at radius 2 is 2.18 bits per heavy atom. The van der Waals surface area contributed by atoms with Crippen LogP contribution in [0.4, 0.5) is 14.9 Å². The molecule has 1 aromatic carbocycles. The van der Waals surface area contributed by atoms with E-state index in [2.05, 4.69) is 10.4 Å². The standard InChI is InChI=1S/C23H27FN6O3/c1-4-20(31)15-10-28(3)22(32)21-17-12-29(13(2)7-19(17)27-30(21)11-15)23(33)26-16-5-6-18(24)14(8-16)9-25/h5-6,8,13,15,20,31H,4,7,10-12H2,1-3H3,(H,26,33). The second-order valence-corrected chi connectivity index (χ2v) is 8.79. The fourth-order valence-electron chi connectivity index (χ4n) is 4.59. The molecule has 0 bridgehead atoms. The number of nitriles is 1. The third kappa shape index (κ3) is 4.16. The summed E-state index contributed by atoms with van der Waals surface area (Å²) in [5.41, 5.74) is 2.11. The van der Waals surface area contributed by atoms with Gasteiger partial charge in [-0.3, -0.25) is 9.48 Å². The van der Waals surface area contributed by atoms with Gasteiger partial charge in [-0.2, -0.15) is 10.4 Å². The van der Waals surface area contributed by atoms with Crippen LogP contribution in [-0.4, -0.2) is 62.4 Å². The molecule has 9 nitrogen and oxygen atoms in total. The van der Waals surface area contributed by atoms with Gasteiger partial charge in [0, 0.05) is 49.8 Å². The zero-order valence-corrected chi connectivity index (χ0v) is 18.9. The minimum absolute atomic E-state index is 0.129. The van der Waals surface area contributed by atoms with Crippen LogP contribution in [0.1, 0.15) is 47.6 Å². The number of amides is 3. The molecule has 3 heterocycles. The van der Waals surface area contributed by atoms with Gasteiger partial charge in [-0.25, -0.2) is 9.18 Å². The number of benzene rings is 1. The van der Waals surface area contributed by atoms with Gasteiger partial charge in [0.25, 0.3) is 5.91 Å². The Morgan fingerprint density at radius 1 is 1.42 bits per heavy atom. The molecule has 2 aliphatic rings. The lowest BCUT2D eigenvalue weighted by Crippen LogP contribution is -2.45. The largest absolute Gasteiger partial charge is 0.393 e. The van der Waals surface area contributed by atoms with Crippen LogP contribution in [-0.2, 0) is 19.5 Å². The zero-order chi connectivity index (χ0) is 23.9. The monoisotopic (exact) mass is 454 g/mol. The summed E-state index contributed by atoms with van der Waals surface area (Å²) in [4.78, 5) is 29.4. The van der Waals surface area contributed by atoms with Crippen LogP contribution in [0.15, 0.2) is 18.2 Å². The maximum Gasteiger partial charge on any atom is 0.322 e. The van der Waals surface area contributed by atoms with Crippen LogP contribution < -0.4 is 5.32 Å². The van der Waals surface area contributed by atoms with Crippen molar-refractivity contribution in [3.8, 4) is 6.07 Å². The van der Waals surface area contributed by atoms with Crippen LogP contribution in [0.3, 0.4) is 0 Å². The molecule has 1 aromatic heterocycles. The first-order chi connectivity index (χ1) is 15.7. The molecule has 0 spiro atoms. The van der Waals surface area contributed by atoms with Crippen molar-refractivity contribution < 1.29 is 19.1 Å². The molecule has 0 saturated carbocycles. The Morgan fingerprint density at radius 3 is 2.88 bits per heavy atom. The lowest BCUT2D eigenvalue weighted by molar-refractivity contribution is 0.0625. The topological polar surface area (TPSA) is 114 Å². The lowest BCUT2D eigenvalue weighted by atomic mass is 9.99. The number of hydrogen-bond acceptors (Lipinski definition) is 5. The number of aliphatic hydroxyl groups is 1. The summed E-state index contributed by atoms with van der Waals surface area (Å²) < 4.78 is 15.3. The second-order valence-electron chi connectivity index (χ2n) is 8.79. The van der Waals surface area contributed by atoms with Crippen LogP contribution in [0.2, 0.25) is 0 Å². The van der Waals surface area contributed by atoms with E-state index in [0.717, 1.165) is 11.8 Å². The molecule has 3 atom stereocenters. The minimum atomic E-state index is -0.650. The van der Waals surface area contributed by atoms with Gasteiger partial charge >= 0.3 is 6.03 Å². The summed E-state index contributed by atoms with van der Waals surface area (Å²) in [6.07, 6.45) is 0.529. The molecule has 3 amide bonds. The van der Waals surface area contributed by atoms with Crippen molar-refractivity contribution in [1.82, 2.24) is 19.6 Å². The van der Waals surface area contributed by atoms with Crippen molar-refractivity contribution in [2.45, 2.75) is 51.9 Å².